The molecule has 0 radical (unpaired) electrons. The molecular formula is C12H22N2O2Si. The van der Waals surface area contributed by atoms with Crippen LogP contribution in [-0.4, -0.2) is 26.4 Å². The van der Waals surface area contributed by atoms with Crippen molar-refractivity contribution in [3.63, 3.8) is 0 Å². The van der Waals surface area contributed by atoms with Crippen LogP contribution in [0.1, 0.15) is 27.7 Å². The third-order valence-corrected chi connectivity index (χ3v) is 8.46. The normalized spacial score (nSPS) is 26.8. The molecule has 0 saturated carbocycles. The van der Waals surface area contributed by atoms with E-state index in [0.29, 0.717) is 0 Å². The van der Waals surface area contributed by atoms with Gasteiger partial charge in [0.2, 0.25) is 5.91 Å². The number of hydrogen-bond donors (Lipinski definition) is 1. The monoisotopic (exact) mass is 254 g/mol. The molecule has 1 aliphatic rings. The maximum Gasteiger partial charge on any atom is 0.229 e. The van der Waals surface area contributed by atoms with Crippen molar-refractivity contribution >= 4 is 14.2 Å². The molecule has 0 aromatic rings. The van der Waals surface area contributed by atoms with Crippen LogP contribution in [0.4, 0.5) is 0 Å². The molecule has 0 spiro atoms. The second-order valence-electron chi connectivity index (χ2n) is 6.22. The Hall–Kier alpha value is -0.863. The van der Waals surface area contributed by atoms with E-state index in [9.17, 15) is 4.79 Å². The largest absolute Gasteiger partial charge is 0.413 e. The predicted octanol–water partition coefficient (Wildman–Crippen LogP) is 2.03. The number of β-lactam (4-membered cyclic amide) rings is 1. The van der Waals surface area contributed by atoms with Crippen molar-refractivity contribution < 1.29 is 9.22 Å². The van der Waals surface area contributed by atoms with Gasteiger partial charge in [0.25, 0.3) is 0 Å². The minimum Gasteiger partial charge on any atom is -0.413 e. The van der Waals surface area contributed by atoms with Crippen LogP contribution >= 0.6 is 0 Å². The van der Waals surface area contributed by atoms with Gasteiger partial charge in [-0.1, -0.05) is 20.8 Å². The first-order valence-corrected chi connectivity index (χ1v) is 8.89. The van der Waals surface area contributed by atoms with Gasteiger partial charge in [-0.15, -0.1) is 0 Å². The van der Waals surface area contributed by atoms with Crippen LogP contribution < -0.4 is 5.32 Å². The summed E-state index contributed by atoms with van der Waals surface area (Å²) >= 11 is 0. The van der Waals surface area contributed by atoms with Crippen LogP contribution in [0.2, 0.25) is 18.1 Å². The number of nitriles is 1. The van der Waals surface area contributed by atoms with Crippen LogP contribution in [0.15, 0.2) is 0 Å². The smallest absolute Gasteiger partial charge is 0.229 e. The number of nitrogens with one attached hydrogen (secondary N) is 1. The third-order valence-electron chi connectivity index (χ3n) is 3.89. The molecule has 1 rings (SSSR count). The fourth-order valence-corrected chi connectivity index (χ4v) is 3.14. The fraction of sp³-hybridized carbons (Fsp3) is 0.833. The minimum absolute atomic E-state index is 0.0669. The highest BCUT2D eigenvalue weighted by Gasteiger charge is 2.47. The Labute approximate surface area is 104 Å². The van der Waals surface area contributed by atoms with Crippen LogP contribution in [0.25, 0.3) is 0 Å². The van der Waals surface area contributed by atoms with Crippen molar-refractivity contribution in [1.82, 2.24) is 5.32 Å². The summed E-state index contributed by atoms with van der Waals surface area (Å²) in [6.07, 6.45) is -0.186. The van der Waals surface area contributed by atoms with Crippen molar-refractivity contribution in [2.75, 3.05) is 0 Å². The molecule has 0 bridgehead atoms. The van der Waals surface area contributed by atoms with E-state index in [1.54, 1.807) is 0 Å². The van der Waals surface area contributed by atoms with Gasteiger partial charge in [-0.05, 0) is 25.1 Å². The van der Waals surface area contributed by atoms with Gasteiger partial charge >= 0.3 is 0 Å². The van der Waals surface area contributed by atoms with Gasteiger partial charge in [-0.2, -0.15) is 5.26 Å². The van der Waals surface area contributed by atoms with Crippen LogP contribution in [0, 0.1) is 17.2 Å². The maximum atomic E-state index is 11.5. The van der Waals surface area contributed by atoms with E-state index in [1.165, 1.54) is 0 Å². The molecule has 96 valence electrons. The fourth-order valence-electron chi connectivity index (χ4n) is 1.71. The molecule has 0 aromatic carbocycles. The summed E-state index contributed by atoms with van der Waals surface area (Å²) in [7, 11) is -1.87. The van der Waals surface area contributed by atoms with Gasteiger partial charge in [0, 0.05) is 0 Å². The number of carbonyl (C=O) groups excluding carboxylic acids is 1. The van der Waals surface area contributed by atoms with E-state index >= 15 is 0 Å². The summed E-state index contributed by atoms with van der Waals surface area (Å²) in [4.78, 5) is 11.5. The molecule has 1 aliphatic heterocycles. The van der Waals surface area contributed by atoms with Gasteiger partial charge in [0.1, 0.15) is 6.04 Å². The lowest BCUT2D eigenvalue weighted by atomic mass is 9.87. The Balaban J connectivity index is 2.70. The summed E-state index contributed by atoms with van der Waals surface area (Å²) in [5, 5.41) is 11.6. The van der Waals surface area contributed by atoms with Gasteiger partial charge in [0.05, 0.1) is 18.1 Å². The van der Waals surface area contributed by atoms with E-state index in [-0.39, 0.29) is 29.0 Å². The van der Waals surface area contributed by atoms with Crippen molar-refractivity contribution in [3.8, 4) is 6.07 Å². The molecule has 1 N–H and O–H groups in total. The summed E-state index contributed by atoms with van der Waals surface area (Å²) in [5.74, 6) is -0.378. The number of hydrogen-bond acceptors (Lipinski definition) is 3. The Morgan fingerprint density at radius 3 is 2.35 bits per heavy atom. The summed E-state index contributed by atoms with van der Waals surface area (Å²) in [6, 6.07) is 1.70. The Bertz CT molecular complexity index is 354. The zero-order chi connectivity index (χ0) is 13.4. The zero-order valence-electron chi connectivity index (χ0n) is 11.5. The molecule has 1 heterocycles. The maximum absolute atomic E-state index is 11.5. The summed E-state index contributed by atoms with van der Waals surface area (Å²) in [6.45, 7) is 12.7. The lowest BCUT2D eigenvalue weighted by Gasteiger charge is -2.43. The lowest BCUT2D eigenvalue weighted by molar-refractivity contribution is -0.137. The molecule has 3 unspecified atom stereocenters. The number of amides is 1. The van der Waals surface area contributed by atoms with Gasteiger partial charge in [-0.3, -0.25) is 4.79 Å². The van der Waals surface area contributed by atoms with Gasteiger partial charge in [0.15, 0.2) is 8.32 Å². The van der Waals surface area contributed by atoms with E-state index in [2.05, 4.69) is 45.3 Å². The van der Waals surface area contributed by atoms with E-state index in [4.69, 9.17) is 9.69 Å². The van der Waals surface area contributed by atoms with Crippen molar-refractivity contribution in [1.29, 1.82) is 5.26 Å². The molecule has 1 saturated heterocycles. The van der Waals surface area contributed by atoms with Crippen LogP contribution in [0.5, 0.6) is 0 Å². The second-order valence-corrected chi connectivity index (χ2v) is 11.0. The van der Waals surface area contributed by atoms with Gasteiger partial charge in [-0.25, -0.2) is 0 Å². The Kier molecular flexibility index (Phi) is 3.70. The highest BCUT2D eigenvalue weighted by Crippen LogP contribution is 2.38. The molecule has 5 heteroatoms. The highest BCUT2D eigenvalue weighted by atomic mass is 28.4. The molecule has 0 aliphatic carbocycles. The second kappa shape index (κ2) is 4.43. The van der Waals surface area contributed by atoms with E-state index < -0.39 is 8.32 Å². The summed E-state index contributed by atoms with van der Waals surface area (Å²) < 4.78 is 6.14. The minimum atomic E-state index is -1.87. The topological polar surface area (TPSA) is 62.1 Å². The average molecular weight is 254 g/mol. The molecule has 4 nitrogen and oxygen atoms in total. The van der Waals surface area contributed by atoms with Crippen LogP contribution in [0.3, 0.4) is 0 Å². The lowest BCUT2D eigenvalue weighted by Crippen LogP contribution is -2.63. The average Bonchev–Trinajstić information content (AvgIpc) is 2.10. The number of carbonyl (C=O) groups is 1. The first-order valence-electron chi connectivity index (χ1n) is 5.98. The number of rotatable bonds is 3. The molecule has 1 fully saturated rings. The van der Waals surface area contributed by atoms with Gasteiger partial charge < -0.3 is 9.74 Å². The zero-order valence-corrected chi connectivity index (χ0v) is 12.5. The molecule has 3 atom stereocenters. The first-order chi connectivity index (χ1) is 7.60. The molecule has 0 aromatic heterocycles. The predicted molar refractivity (Wildman–Crippen MR) is 68.8 cm³/mol. The Morgan fingerprint density at radius 1 is 1.47 bits per heavy atom. The molecular weight excluding hydrogens is 232 g/mol. The molecule has 1 amide bonds. The van der Waals surface area contributed by atoms with Crippen molar-refractivity contribution in [3.05, 3.63) is 0 Å². The van der Waals surface area contributed by atoms with Crippen LogP contribution in [-0.2, 0) is 9.22 Å². The van der Waals surface area contributed by atoms with E-state index in [0.717, 1.165) is 0 Å². The highest BCUT2D eigenvalue weighted by molar-refractivity contribution is 6.74. The molecule has 17 heavy (non-hydrogen) atoms. The standard InChI is InChI=1S/C12H22N2O2Si/c1-8(10-9(7-13)14-11(10)15)16-17(5,6)12(2,3)4/h8-10H,1-6H3,(H,14,15). The van der Waals surface area contributed by atoms with Crippen molar-refractivity contribution in [2.45, 2.75) is 58.0 Å². The first kappa shape index (κ1) is 14.2. The van der Waals surface area contributed by atoms with E-state index in [1.807, 2.05) is 6.92 Å². The summed E-state index contributed by atoms with van der Waals surface area (Å²) in [5.41, 5.74) is 0. The van der Waals surface area contributed by atoms with Crippen molar-refractivity contribution in [2.24, 2.45) is 5.92 Å². The quantitative estimate of drug-likeness (QED) is 0.619. The number of nitrogens with zero attached hydrogens (tertiary/aromatic N) is 1. The Morgan fingerprint density at radius 2 is 2.00 bits per heavy atom. The third kappa shape index (κ3) is 2.69. The SMILES string of the molecule is CC(O[Si](C)(C)C(C)(C)C)C1C(=O)NC1C#N.